The summed E-state index contributed by atoms with van der Waals surface area (Å²) in [5, 5.41) is 3.45. The largest absolute Gasteiger partial charge is 0.454 e. The number of fused-ring (bicyclic) bond motifs is 1. The summed E-state index contributed by atoms with van der Waals surface area (Å²) < 4.78 is 16.4. The van der Waals surface area contributed by atoms with Gasteiger partial charge >= 0.3 is 0 Å². The van der Waals surface area contributed by atoms with Crippen molar-refractivity contribution in [2.45, 2.75) is 20.4 Å². The molecule has 0 bridgehead atoms. The summed E-state index contributed by atoms with van der Waals surface area (Å²) in [5.41, 5.74) is 1.24. The van der Waals surface area contributed by atoms with Crippen molar-refractivity contribution in [2.24, 2.45) is 0 Å². The van der Waals surface area contributed by atoms with Crippen molar-refractivity contribution in [3.8, 4) is 11.5 Å². The molecule has 1 aromatic heterocycles. The van der Waals surface area contributed by atoms with Gasteiger partial charge in [-0.05, 0) is 31.5 Å². The number of hydrogen-bond donors (Lipinski definition) is 1. The highest BCUT2D eigenvalue weighted by molar-refractivity contribution is 5.46. The Balaban J connectivity index is 1.21. The highest BCUT2D eigenvalue weighted by atomic mass is 16.7. The van der Waals surface area contributed by atoms with E-state index >= 15 is 0 Å². The van der Waals surface area contributed by atoms with Gasteiger partial charge in [0, 0.05) is 72.0 Å². The van der Waals surface area contributed by atoms with Crippen molar-refractivity contribution < 1.29 is 14.2 Å². The molecule has 11 heteroatoms. The van der Waals surface area contributed by atoms with E-state index in [0.717, 1.165) is 109 Å². The van der Waals surface area contributed by atoms with Crippen molar-refractivity contribution in [1.29, 1.82) is 0 Å². The van der Waals surface area contributed by atoms with Crippen LogP contribution < -0.4 is 24.6 Å². The van der Waals surface area contributed by atoms with Crippen LogP contribution in [0.15, 0.2) is 18.2 Å². The minimum absolute atomic E-state index is 0.308. The maximum absolute atomic E-state index is 5.54. The number of piperazine rings is 1. The third-order valence-corrected chi connectivity index (χ3v) is 6.97. The molecule has 11 nitrogen and oxygen atoms in total. The van der Waals surface area contributed by atoms with E-state index in [1.54, 1.807) is 0 Å². The van der Waals surface area contributed by atoms with Gasteiger partial charge in [-0.3, -0.25) is 9.80 Å². The average molecular weight is 499 g/mol. The predicted octanol–water partition coefficient (Wildman–Crippen LogP) is 1.51. The van der Waals surface area contributed by atoms with Gasteiger partial charge in [-0.2, -0.15) is 15.0 Å². The lowest BCUT2D eigenvalue weighted by Crippen LogP contribution is -2.46. The molecule has 5 rings (SSSR count). The van der Waals surface area contributed by atoms with Gasteiger partial charge in [-0.1, -0.05) is 6.07 Å². The summed E-state index contributed by atoms with van der Waals surface area (Å²) in [5.74, 6) is 3.81. The third kappa shape index (κ3) is 6.08. The molecule has 1 N–H and O–H groups in total. The van der Waals surface area contributed by atoms with Crippen LogP contribution in [0.5, 0.6) is 11.5 Å². The Hall–Kier alpha value is -2.89. The molecule has 4 heterocycles. The fourth-order valence-electron chi connectivity index (χ4n) is 4.78. The van der Waals surface area contributed by atoms with E-state index in [4.69, 9.17) is 29.2 Å². The number of ether oxygens (including phenoxy) is 3. The van der Waals surface area contributed by atoms with Crippen LogP contribution in [0.2, 0.25) is 0 Å². The van der Waals surface area contributed by atoms with Crippen LogP contribution in [0.1, 0.15) is 19.4 Å². The normalized spacial score (nSPS) is 18.4. The van der Waals surface area contributed by atoms with Crippen LogP contribution in [0.3, 0.4) is 0 Å². The van der Waals surface area contributed by atoms with Crippen LogP contribution in [-0.4, -0.2) is 110 Å². The first-order valence-electron chi connectivity index (χ1n) is 13.1. The van der Waals surface area contributed by atoms with Crippen molar-refractivity contribution in [3.05, 3.63) is 23.8 Å². The molecule has 3 aliphatic heterocycles. The second-order valence-corrected chi connectivity index (χ2v) is 9.26. The molecule has 0 atom stereocenters. The fraction of sp³-hybridized carbons (Fsp3) is 0.640. The van der Waals surface area contributed by atoms with Crippen LogP contribution >= 0.6 is 0 Å². The van der Waals surface area contributed by atoms with Gasteiger partial charge in [0.05, 0.1) is 13.2 Å². The second kappa shape index (κ2) is 11.9. The molecule has 1 aromatic carbocycles. The van der Waals surface area contributed by atoms with Gasteiger partial charge in [0.1, 0.15) is 0 Å². The topological polar surface area (TPSA) is 91.4 Å². The lowest BCUT2D eigenvalue weighted by molar-refractivity contribution is 0.0398. The molecule has 0 radical (unpaired) electrons. The number of morpholine rings is 1. The highest BCUT2D eigenvalue weighted by Crippen LogP contribution is 2.33. The number of aromatic nitrogens is 3. The predicted molar refractivity (Wildman–Crippen MR) is 139 cm³/mol. The molecule has 36 heavy (non-hydrogen) atoms. The number of rotatable bonds is 10. The molecule has 2 fully saturated rings. The zero-order valence-electron chi connectivity index (χ0n) is 21.5. The Kier molecular flexibility index (Phi) is 8.19. The monoisotopic (exact) mass is 498 g/mol. The smallest absolute Gasteiger partial charge is 0.232 e. The molecule has 0 unspecified atom stereocenters. The zero-order chi connectivity index (χ0) is 24.7. The molecule has 2 aromatic rings. The summed E-state index contributed by atoms with van der Waals surface area (Å²) >= 11 is 0. The Labute approximate surface area is 213 Å². The first-order chi connectivity index (χ1) is 17.7. The van der Waals surface area contributed by atoms with Crippen molar-refractivity contribution >= 4 is 17.8 Å². The average Bonchev–Trinajstić information content (AvgIpc) is 3.38. The van der Waals surface area contributed by atoms with E-state index in [-0.39, 0.29) is 0 Å². The SMILES string of the molecule is CCN(CC)c1nc(NCCN2CCOCC2)nc(N2CCN(Cc3ccc4c(c3)OCO4)CC2)n1. The van der Waals surface area contributed by atoms with Crippen LogP contribution in [0, 0.1) is 0 Å². The fourth-order valence-corrected chi connectivity index (χ4v) is 4.78. The lowest BCUT2D eigenvalue weighted by Gasteiger charge is -2.35. The maximum Gasteiger partial charge on any atom is 0.232 e. The van der Waals surface area contributed by atoms with Crippen molar-refractivity contribution in [3.63, 3.8) is 0 Å². The molecule has 0 aliphatic carbocycles. The Morgan fingerprint density at radius 3 is 2.44 bits per heavy atom. The van der Waals surface area contributed by atoms with Crippen LogP contribution in [0.25, 0.3) is 0 Å². The number of anilines is 3. The van der Waals surface area contributed by atoms with Gasteiger partial charge in [0.2, 0.25) is 24.6 Å². The number of nitrogens with zero attached hydrogens (tertiary/aromatic N) is 7. The summed E-state index contributed by atoms with van der Waals surface area (Å²) in [6.45, 7) is 16.1. The minimum Gasteiger partial charge on any atom is -0.454 e. The van der Waals surface area contributed by atoms with E-state index in [0.29, 0.717) is 12.7 Å². The number of benzene rings is 1. The Bertz CT molecular complexity index is 991. The van der Waals surface area contributed by atoms with E-state index < -0.39 is 0 Å². The Morgan fingerprint density at radius 2 is 1.67 bits per heavy atom. The standard InChI is InChI=1S/C25H38N8O3/c1-3-32(4-2)24-27-23(26-7-8-30-13-15-34-16-14-30)28-25(29-24)33-11-9-31(10-12-33)18-20-5-6-21-22(17-20)36-19-35-21/h5-6,17H,3-4,7-16,18-19H2,1-2H3,(H,26,27,28,29). The first-order valence-corrected chi connectivity index (χ1v) is 13.1. The summed E-state index contributed by atoms with van der Waals surface area (Å²) in [7, 11) is 0. The summed E-state index contributed by atoms with van der Waals surface area (Å²) in [6, 6.07) is 6.21. The summed E-state index contributed by atoms with van der Waals surface area (Å²) in [6.07, 6.45) is 0. The van der Waals surface area contributed by atoms with Crippen molar-refractivity contribution in [2.75, 3.05) is 101 Å². The highest BCUT2D eigenvalue weighted by Gasteiger charge is 2.22. The Morgan fingerprint density at radius 1 is 0.889 bits per heavy atom. The molecule has 3 aliphatic rings. The van der Waals surface area contributed by atoms with Gasteiger partial charge in [0.15, 0.2) is 11.5 Å². The molecular weight excluding hydrogens is 460 g/mol. The molecule has 2 saturated heterocycles. The lowest BCUT2D eigenvalue weighted by atomic mass is 10.1. The van der Waals surface area contributed by atoms with Gasteiger partial charge in [-0.25, -0.2) is 0 Å². The maximum atomic E-state index is 5.54. The molecule has 0 spiro atoms. The van der Waals surface area contributed by atoms with Gasteiger partial charge in [-0.15, -0.1) is 0 Å². The molecule has 196 valence electrons. The zero-order valence-corrected chi connectivity index (χ0v) is 21.5. The van der Waals surface area contributed by atoms with E-state index in [9.17, 15) is 0 Å². The second-order valence-electron chi connectivity index (χ2n) is 9.26. The number of nitrogens with one attached hydrogen (secondary N) is 1. The van der Waals surface area contributed by atoms with Gasteiger partial charge < -0.3 is 29.3 Å². The van der Waals surface area contributed by atoms with E-state index in [2.05, 4.69) is 50.9 Å². The van der Waals surface area contributed by atoms with Gasteiger partial charge in [0.25, 0.3) is 0 Å². The molecule has 0 saturated carbocycles. The minimum atomic E-state index is 0.308. The quantitative estimate of drug-likeness (QED) is 0.517. The summed E-state index contributed by atoms with van der Waals surface area (Å²) in [4.78, 5) is 23.7. The number of hydrogen-bond acceptors (Lipinski definition) is 11. The molecular formula is C25H38N8O3. The van der Waals surface area contributed by atoms with Crippen LogP contribution in [-0.2, 0) is 11.3 Å². The van der Waals surface area contributed by atoms with E-state index in [1.807, 2.05) is 6.07 Å². The third-order valence-electron chi connectivity index (χ3n) is 6.97. The van der Waals surface area contributed by atoms with E-state index in [1.165, 1.54) is 5.56 Å². The van der Waals surface area contributed by atoms with Crippen LogP contribution in [0.4, 0.5) is 17.8 Å². The van der Waals surface area contributed by atoms with Crippen molar-refractivity contribution in [1.82, 2.24) is 24.8 Å². The first kappa shape index (κ1) is 24.8. The molecule has 0 amide bonds.